The van der Waals surface area contributed by atoms with Crippen LogP contribution in [0.1, 0.15) is 52.9 Å². The lowest BCUT2D eigenvalue weighted by molar-refractivity contribution is 0.191. The predicted octanol–water partition coefficient (Wildman–Crippen LogP) is 3.13. The van der Waals surface area contributed by atoms with Crippen molar-refractivity contribution in [2.45, 2.75) is 52.9 Å². The summed E-state index contributed by atoms with van der Waals surface area (Å²) in [5.41, 5.74) is 0.502. The molecule has 2 aliphatic rings. The van der Waals surface area contributed by atoms with Crippen LogP contribution in [0.2, 0.25) is 0 Å². The third kappa shape index (κ3) is 4.24. The van der Waals surface area contributed by atoms with E-state index in [2.05, 4.69) is 31.0 Å². The van der Waals surface area contributed by atoms with Crippen LogP contribution in [-0.2, 0) is 0 Å². The van der Waals surface area contributed by atoms with Gasteiger partial charge in [0, 0.05) is 6.54 Å². The molecule has 2 fully saturated rings. The van der Waals surface area contributed by atoms with Crippen LogP contribution in [0.5, 0.6) is 0 Å². The van der Waals surface area contributed by atoms with Crippen molar-refractivity contribution in [3.05, 3.63) is 0 Å². The largest absolute Gasteiger partial charge is 0.316 e. The van der Waals surface area contributed by atoms with Crippen LogP contribution >= 0.6 is 0 Å². The van der Waals surface area contributed by atoms with Crippen molar-refractivity contribution in [1.82, 2.24) is 10.2 Å². The molecule has 2 aliphatic heterocycles. The second kappa shape index (κ2) is 6.38. The number of hydrogen-bond acceptors (Lipinski definition) is 2. The molecule has 2 nitrogen and oxygen atoms in total. The van der Waals surface area contributed by atoms with Gasteiger partial charge in [0.15, 0.2) is 0 Å². The highest BCUT2D eigenvalue weighted by molar-refractivity contribution is 4.80. The number of piperidine rings is 1. The van der Waals surface area contributed by atoms with Crippen LogP contribution in [0.4, 0.5) is 0 Å². The van der Waals surface area contributed by atoms with Crippen LogP contribution in [0.15, 0.2) is 0 Å². The molecule has 2 rings (SSSR count). The summed E-state index contributed by atoms with van der Waals surface area (Å²) < 4.78 is 0. The summed E-state index contributed by atoms with van der Waals surface area (Å²) in [4.78, 5) is 2.74. The zero-order valence-corrected chi connectivity index (χ0v) is 12.7. The molecule has 1 N–H and O–H groups in total. The smallest absolute Gasteiger partial charge is 0.00218 e. The van der Waals surface area contributed by atoms with Crippen LogP contribution in [-0.4, -0.2) is 37.6 Å². The van der Waals surface area contributed by atoms with Gasteiger partial charge < -0.3 is 10.2 Å². The summed E-state index contributed by atoms with van der Waals surface area (Å²) in [6.07, 6.45) is 7.06. The molecule has 106 valence electrons. The van der Waals surface area contributed by atoms with E-state index in [0.717, 1.165) is 11.8 Å². The van der Waals surface area contributed by atoms with E-state index in [1.54, 1.807) is 0 Å². The normalized spacial score (nSPS) is 32.2. The van der Waals surface area contributed by atoms with E-state index in [0.29, 0.717) is 5.41 Å². The average molecular weight is 252 g/mol. The molecule has 0 aliphatic carbocycles. The van der Waals surface area contributed by atoms with E-state index in [-0.39, 0.29) is 0 Å². The minimum atomic E-state index is 0.502. The van der Waals surface area contributed by atoms with Crippen LogP contribution in [0, 0.1) is 17.3 Å². The number of likely N-dealkylation sites (tertiary alicyclic amines) is 1. The second-order valence-corrected chi connectivity index (χ2v) is 7.51. The van der Waals surface area contributed by atoms with Gasteiger partial charge in [-0.3, -0.25) is 0 Å². The van der Waals surface area contributed by atoms with Gasteiger partial charge in [-0.05, 0) is 75.5 Å². The van der Waals surface area contributed by atoms with Crippen LogP contribution in [0.25, 0.3) is 0 Å². The van der Waals surface area contributed by atoms with Gasteiger partial charge in [0.1, 0.15) is 0 Å². The highest BCUT2D eigenvalue weighted by atomic mass is 15.1. The molecule has 2 heteroatoms. The number of nitrogens with zero attached hydrogens (tertiary/aromatic N) is 1. The molecule has 0 aromatic heterocycles. The van der Waals surface area contributed by atoms with Crippen molar-refractivity contribution < 1.29 is 0 Å². The summed E-state index contributed by atoms with van der Waals surface area (Å²) >= 11 is 0. The maximum Gasteiger partial charge on any atom is 0.00218 e. The van der Waals surface area contributed by atoms with Gasteiger partial charge in [-0.25, -0.2) is 0 Å². The zero-order chi connectivity index (χ0) is 13.0. The maximum atomic E-state index is 3.55. The van der Waals surface area contributed by atoms with Gasteiger partial charge in [-0.2, -0.15) is 0 Å². The Morgan fingerprint density at radius 2 is 1.89 bits per heavy atom. The summed E-state index contributed by atoms with van der Waals surface area (Å²) in [7, 11) is 0. The molecular weight excluding hydrogens is 220 g/mol. The lowest BCUT2D eigenvalue weighted by Crippen LogP contribution is -2.38. The van der Waals surface area contributed by atoms with Gasteiger partial charge in [-0.15, -0.1) is 0 Å². The van der Waals surface area contributed by atoms with Crippen LogP contribution < -0.4 is 5.32 Å². The minimum absolute atomic E-state index is 0.502. The highest BCUT2D eigenvalue weighted by Crippen LogP contribution is 2.34. The Labute approximate surface area is 114 Å². The van der Waals surface area contributed by atoms with Crippen molar-refractivity contribution in [1.29, 1.82) is 0 Å². The molecule has 0 aromatic carbocycles. The lowest BCUT2D eigenvalue weighted by Gasteiger charge is -2.31. The van der Waals surface area contributed by atoms with Gasteiger partial charge >= 0.3 is 0 Å². The fourth-order valence-electron chi connectivity index (χ4n) is 3.65. The molecule has 0 spiro atoms. The minimum Gasteiger partial charge on any atom is -0.316 e. The summed E-state index contributed by atoms with van der Waals surface area (Å²) in [6, 6.07) is 0. The second-order valence-electron chi connectivity index (χ2n) is 7.51. The van der Waals surface area contributed by atoms with Gasteiger partial charge in [0.2, 0.25) is 0 Å². The quantitative estimate of drug-likeness (QED) is 0.812. The van der Waals surface area contributed by atoms with Gasteiger partial charge in [-0.1, -0.05) is 20.8 Å². The first-order chi connectivity index (χ1) is 8.55. The molecule has 2 atom stereocenters. The fraction of sp³-hybridized carbons (Fsp3) is 1.00. The number of nitrogens with one attached hydrogen (secondary N) is 1. The number of rotatable bonds is 2. The topological polar surface area (TPSA) is 15.3 Å². The van der Waals surface area contributed by atoms with E-state index in [4.69, 9.17) is 0 Å². The average Bonchev–Trinajstić information content (AvgIpc) is 2.55. The SMILES string of the molecule is CC(C)(C)C1CCCN(CC2CCCNC2)CC1. The van der Waals surface area contributed by atoms with Crippen LogP contribution in [0.3, 0.4) is 0 Å². The summed E-state index contributed by atoms with van der Waals surface area (Å²) in [6.45, 7) is 13.7. The van der Waals surface area contributed by atoms with E-state index >= 15 is 0 Å². The van der Waals surface area contributed by atoms with E-state index < -0.39 is 0 Å². The molecule has 0 saturated carbocycles. The van der Waals surface area contributed by atoms with Crippen molar-refractivity contribution in [3.8, 4) is 0 Å². The molecule has 0 bridgehead atoms. The van der Waals surface area contributed by atoms with Crippen molar-refractivity contribution >= 4 is 0 Å². The molecular formula is C16H32N2. The summed E-state index contributed by atoms with van der Waals surface area (Å²) in [5.74, 6) is 1.83. The first-order valence-corrected chi connectivity index (χ1v) is 7.99. The first kappa shape index (κ1) is 14.3. The summed E-state index contributed by atoms with van der Waals surface area (Å²) in [5, 5.41) is 3.55. The van der Waals surface area contributed by atoms with Crippen molar-refractivity contribution in [2.75, 3.05) is 32.7 Å². The van der Waals surface area contributed by atoms with Crippen molar-refractivity contribution in [3.63, 3.8) is 0 Å². The third-order valence-electron chi connectivity index (χ3n) is 4.96. The molecule has 2 unspecified atom stereocenters. The Hall–Kier alpha value is -0.0800. The third-order valence-corrected chi connectivity index (χ3v) is 4.96. The standard InChI is InChI=1S/C16H32N2/c1-16(2,3)15-7-5-10-18(11-8-15)13-14-6-4-9-17-12-14/h14-15,17H,4-13H2,1-3H3. The van der Waals surface area contributed by atoms with E-state index in [1.165, 1.54) is 64.8 Å². The molecule has 0 radical (unpaired) electrons. The zero-order valence-electron chi connectivity index (χ0n) is 12.7. The van der Waals surface area contributed by atoms with Gasteiger partial charge in [0.05, 0.1) is 0 Å². The lowest BCUT2D eigenvalue weighted by atomic mass is 9.77. The number of hydrogen-bond donors (Lipinski definition) is 1. The van der Waals surface area contributed by atoms with Crippen molar-refractivity contribution in [2.24, 2.45) is 17.3 Å². The Morgan fingerprint density at radius 1 is 1.06 bits per heavy atom. The monoisotopic (exact) mass is 252 g/mol. The predicted molar refractivity (Wildman–Crippen MR) is 78.8 cm³/mol. The molecule has 0 amide bonds. The first-order valence-electron chi connectivity index (χ1n) is 7.99. The maximum absolute atomic E-state index is 3.55. The fourth-order valence-corrected chi connectivity index (χ4v) is 3.65. The molecule has 2 saturated heterocycles. The van der Waals surface area contributed by atoms with Gasteiger partial charge in [0.25, 0.3) is 0 Å². The van der Waals surface area contributed by atoms with E-state index in [9.17, 15) is 0 Å². The Bertz CT molecular complexity index is 238. The molecule has 18 heavy (non-hydrogen) atoms. The Morgan fingerprint density at radius 3 is 2.56 bits per heavy atom. The Balaban J connectivity index is 1.78. The van der Waals surface area contributed by atoms with E-state index in [1.807, 2.05) is 0 Å². The Kier molecular flexibility index (Phi) is 5.08. The highest BCUT2D eigenvalue weighted by Gasteiger charge is 2.27. The molecule has 0 aromatic rings. The molecule has 2 heterocycles.